The van der Waals surface area contributed by atoms with Gasteiger partial charge in [-0.15, -0.1) is 24.0 Å². The lowest BCUT2D eigenvalue weighted by Crippen LogP contribution is -2.41. The second-order valence-electron chi connectivity index (χ2n) is 6.39. The smallest absolute Gasteiger partial charge is 0.221 e. The Morgan fingerprint density at radius 1 is 1.15 bits per heavy atom. The van der Waals surface area contributed by atoms with Gasteiger partial charge < -0.3 is 20.7 Å². The summed E-state index contributed by atoms with van der Waals surface area (Å²) < 4.78 is 5.66. The third kappa shape index (κ3) is 8.73. The molecule has 3 N–H and O–H groups in total. The summed E-state index contributed by atoms with van der Waals surface area (Å²) in [6, 6.07) is 8.36. The number of aryl methyl sites for hydroxylation is 1. The lowest BCUT2D eigenvalue weighted by atomic mass is 10.2. The van der Waals surface area contributed by atoms with Crippen molar-refractivity contribution < 1.29 is 9.53 Å². The molecular formula is C19H31IN4O2. The van der Waals surface area contributed by atoms with Crippen LogP contribution in [0, 0.1) is 6.92 Å². The van der Waals surface area contributed by atoms with Gasteiger partial charge >= 0.3 is 0 Å². The van der Waals surface area contributed by atoms with Crippen LogP contribution in [0.3, 0.4) is 0 Å². The zero-order valence-electron chi connectivity index (χ0n) is 15.7. The second kappa shape index (κ2) is 12.8. The first kappa shape index (κ1) is 22.5. The molecule has 1 aromatic carbocycles. The van der Waals surface area contributed by atoms with Crippen molar-refractivity contribution in [3.05, 3.63) is 29.8 Å². The van der Waals surface area contributed by atoms with E-state index in [-0.39, 0.29) is 29.9 Å². The largest absolute Gasteiger partial charge is 0.492 e. The summed E-state index contributed by atoms with van der Waals surface area (Å²) in [5, 5.41) is 9.42. The molecule has 2 rings (SSSR count). The van der Waals surface area contributed by atoms with Gasteiger partial charge in [0.25, 0.3) is 0 Å². The van der Waals surface area contributed by atoms with Gasteiger partial charge in [-0.1, -0.05) is 30.5 Å². The molecule has 0 atom stereocenters. The zero-order valence-corrected chi connectivity index (χ0v) is 18.0. The number of carbonyl (C=O) groups is 1. The van der Waals surface area contributed by atoms with E-state index in [1.165, 1.54) is 18.4 Å². The Morgan fingerprint density at radius 3 is 2.46 bits per heavy atom. The normalized spacial score (nSPS) is 14.5. The molecule has 0 unspecified atom stereocenters. The minimum Gasteiger partial charge on any atom is -0.492 e. The average Bonchev–Trinajstić information content (AvgIpc) is 3.11. The standard InChI is InChI=1S/C19H30N4O2.HI/c1-15-7-9-17(10-8-15)25-14-13-22-19(20-2)21-12-11-18(24)23-16-5-3-4-6-16;/h7-10,16H,3-6,11-14H2,1-2H3,(H,23,24)(H2,20,21,22);1H. The lowest BCUT2D eigenvalue weighted by molar-refractivity contribution is -0.121. The number of benzene rings is 1. The van der Waals surface area contributed by atoms with E-state index in [1.54, 1.807) is 7.05 Å². The summed E-state index contributed by atoms with van der Waals surface area (Å²) in [7, 11) is 1.72. The number of ether oxygens (including phenoxy) is 1. The van der Waals surface area contributed by atoms with Gasteiger partial charge in [0.05, 0.1) is 6.54 Å². The van der Waals surface area contributed by atoms with Crippen molar-refractivity contribution in [2.24, 2.45) is 4.99 Å². The molecule has 1 fully saturated rings. The van der Waals surface area contributed by atoms with Crippen molar-refractivity contribution >= 4 is 35.8 Å². The number of aliphatic imine (C=N–C) groups is 1. The molecule has 0 heterocycles. The monoisotopic (exact) mass is 474 g/mol. The molecule has 6 nitrogen and oxygen atoms in total. The van der Waals surface area contributed by atoms with Gasteiger partial charge in [-0.05, 0) is 31.9 Å². The minimum atomic E-state index is 0. The van der Waals surface area contributed by atoms with Gasteiger partial charge in [0.15, 0.2) is 5.96 Å². The molecule has 7 heteroatoms. The average molecular weight is 474 g/mol. The molecule has 0 radical (unpaired) electrons. The van der Waals surface area contributed by atoms with E-state index >= 15 is 0 Å². The molecule has 0 saturated heterocycles. The molecule has 146 valence electrons. The van der Waals surface area contributed by atoms with Crippen molar-refractivity contribution in [2.75, 3.05) is 26.7 Å². The van der Waals surface area contributed by atoms with Crippen LogP contribution < -0.4 is 20.7 Å². The number of guanidine groups is 1. The summed E-state index contributed by atoms with van der Waals surface area (Å²) in [5.74, 6) is 1.65. The van der Waals surface area contributed by atoms with Gasteiger partial charge in [-0.3, -0.25) is 9.79 Å². The van der Waals surface area contributed by atoms with Crippen LogP contribution in [0.1, 0.15) is 37.7 Å². The van der Waals surface area contributed by atoms with Crippen LogP contribution in [-0.2, 0) is 4.79 Å². The number of nitrogens with one attached hydrogen (secondary N) is 3. The summed E-state index contributed by atoms with van der Waals surface area (Å²) in [4.78, 5) is 16.0. The Balaban J connectivity index is 0.00000338. The predicted molar refractivity (Wildman–Crippen MR) is 116 cm³/mol. The third-order valence-corrected chi connectivity index (χ3v) is 4.27. The molecular weight excluding hydrogens is 443 g/mol. The first-order chi connectivity index (χ1) is 12.2. The molecule has 0 spiro atoms. The van der Waals surface area contributed by atoms with Crippen molar-refractivity contribution in [1.82, 2.24) is 16.0 Å². The molecule has 1 saturated carbocycles. The van der Waals surface area contributed by atoms with Crippen LogP contribution in [0.25, 0.3) is 0 Å². The molecule has 0 bridgehead atoms. The Labute approximate surface area is 173 Å². The highest BCUT2D eigenvalue weighted by atomic mass is 127. The highest BCUT2D eigenvalue weighted by Gasteiger charge is 2.16. The maximum absolute atomic E-state index is 11.9. The van der Waals surface area contributed by atoms with Crippen LogP contribution in [0.15, 0.2) is 29.3 Å². The van der Waals surface area contributed by atoms with E-state index in [0.29, 0.717) is 38.1 Å². The number of carbonyl (C=O) groups excluding carboxylic acids is 1. The molecule has 1 amide bonds. The fourth-order valence-corrected chi connectivity index (χ4v) is 2.86. The predicted octanol–water partition coefficient (Wildman–Crippen LogP) is 2.61. The summed E-state index contributed by atoms with van der Waals surface area (Å²) in [5.41, 5.74) is 1.21. The second-order valence-corrected chi connectivity index (χ2v) is 6.39. The molecule has 0 aliphatic heterocycles. The highest BCUT2D eigenvalue weighted by molar-refractivity contribution is 14.0. The fraction of sp³-hybridized carbons (Fsp3) is 0.579. The van der Waals surface area contributed by atoms with E-state index in [2.05, 4.69) is 27.9 Å². The van der Waals surface area contributed by atoms with Crippen molar-refractivity contribution in [2.45, 2.75) is 45.1 Å². The number of hydrogen-bond donors (Lipinski definition) is 3. The van der Waals surface area contributed by atoms with Crippen LogP contribution in [0.2, 0.25) is 0 Å². The number of nitrogens with zero attached hydrogens (tertiary/aromatic N) is 1. The van der Waals surface area contributed by atoms with E-state index < -0.39 is 0 Å². The lowest BCUT2D eigenvalue weighted by Gasteiger charge is -2.14. The first-order valence-corrected chi connectivity index (χ1v) is 9.10. The molecule has 1 aliphatic rings. The topological polar surface area (TPSA) is 74.8 Å². The Hall–Kier alpha value is -1.51. The molecule has 1 aliphatic carbocycles. The Kier molecular flexibility index (Phi) is 11.1. The third-order valence-electron chi connectivity index (χ3n) is 4.27. The maximum Gasteiger partial charge on any atom is 0.221 e. The quantitative estimate of drug-likeness (QED) is 0.235. The highest BCUT2D eigenvalue weighted by Crippen LogP contribution is 2.17. The van der Waals surface area contributed by atoms with Crippen LogP contribution in [-0.4, -0.2) is 44.7 Å². The van der Waals surface area contributed by atoms with Crippen LogP contribution in [0.4, 0.5) is 0 Å². The molecule has 1 aromatic rings. The van der Waals surface area contributed by atoms with E-state index in [9.17, 15) is 4.79 Å². The number of hydrogen-bond acceptors (Lipinski definition) is 3. The van der Waals surface area contributed by atoms with Gasteiger partial charge in [0, 0.05) is 26.1 Å². The van der Waals surface area contributed by atoms with E-state index in [4.69, 9.17) is 4.74 Å². The molecule has 26 heavy (non-hydrogen) atoms. The van der Waals surface area contributed by atoms with Gasteiger partial charge in [0.1, 0.15) is 12.4 Å². The van der Waals surface area contributed by atoms with Crippen molar-refractivity contribution in [3.8, 4) is 5.75 Å². The van der Waals surface area contributed by atoms with Gasteiger partial charge in [0.2, 0.25) is 5.91 Å². The zero-order chi connectivity index (χ0) is 17.9. The van der Waals surface area contributed by atoms with Gasteiger partial charge in [-0.25, -0.2) is 0 Å². The first-order valence-electron chi connectivity index (χ1n) is 9.10. The Bertz CT molecular complexity index is 557. The van der Waals surface area contributed by atoms with Crippen LogP contribution in [0.5, 0.6) is 5.75 Å². The minimum absolute atomic E-state index is 0. The number of halogens is 1. The summed E-state index contributed by atoms with van der Waals surface area (Å²) in [6.07, 6.45) is 5.14. The van der Waals surface area contributed by atoms with Crippen molar-refractivity contribution in [1.29, 1.82) is 0 Å². The number of rotatable bonds is 8. The number of amides is 1. The Morgan fingerprint density at radius 2 is 1.81 bits per heavy atom. The van der Waals surface area contributed by atoms with E-state index in [0.717, 1.165) is 18.6 Å². The fourth-order valence-electron chi connectivity index (χ4n) is 2.86. The molecule has 0 aromatic heterocycles. The van der Waals surface area contributed by atoms with Crippen LogP contribution >= 0.6 is 24.0 Å². The summed E-state index contributed by atoms with van der Waals surface area (Å²) in [6.45, 7) is 3.81. The van der Waals surface area contributed by atoms with Gasteiger partial charge in [-0.2, -0.15) is 0 Å². The van der Waals surface area contributed by atoms with E-state index in [1.807, 2.05) is 24.3 Å². The maximum atomic E-state index is 11.9. The SMILES string of the molecule is CN=C(NCCOc1ccc(C)cc1)NCCC(=O)NC1CCCC1.I. The summed E-state index contributed by atoms with van der Waals surface area (Å²) >= 11 is 0. The van der Waals surface area contributed by atoms with Crippen molar-refractivity contribution in [3.63, 3.8) is 0 Å².